The Morgan fingerprint density at radius 1 is 0.778 bits per heavy atom. The van der Waals surface area contributed by atoms with Gasteiger partial charge in [0.2, 0.25) is 0 Å². The summed E-state index contributed by atoms with van der Waals surface area (Å²) in [5.74, 6) is -1.82. The number of unbranched alkanes of at least 4 members (excludes halogenated alkanes) is 12. The van der Waals surface area contributed by atoms with Crippen LogP contribution in [0.3, 0.4) is 0 Å². The molecule has 0 heterocycles. The van der Waals surface area contributed by atoms with Crippen molar-refractivity contribution in [3.63, 3.8) is 0 Å². The predicted octanol–water partition coefficient (Wildman–Crippen LogP) is 8.93. The molecular weight excluding hydrogens is 711 g/mol. The molecule has 4 N–H and O–H groups in total. The summed E-state index contributed by atoms with van der Waals surface area (Å²) in [5.41, 5.74) is 0. The van der Waals surface area contributed by atoms with Gasteiger partial charge in [-0.05, 0) is 64.2 Å². The Labute approximate surface area is 324 Å². The number of ether oxygens (including phenoxy) is 2. The molecule has 0 aliphatic heterocycles. The first-order valence-corrected chi connectivity index (χ1v) is 22.1. The lowest BCUT2D eigenvalue weighted by atomic mass is 9.90. The molecule has 1 fully saturated rings. The molecule has 0 amide bonds. The van der Waals surface area contributed by atoms with Crippen LogP contribution in [-0.2, 0) is 32.9 Å². The summed E-state index contributed by atoms with van der Waals surface area (Å²) in [4.78, 5) is 55.5. The first kappa shape index (κ1) is 49.6. The van der Waals surface area contributed by atoms with Crippen molar-refractivity contribution in [1.29, 1.82) is 0 Å². The third-order valence-corrected chi connectivity index (χ3v) is 9.92. The molecule has 310 valence electrons. The van der Waals surface area contributed by atoms with E-state index in [0.717, 1.165) is 70.6 Å². The SMILES string of the molecule is CCCCC/C=C\C/C=C\CCCCCCCCC(=O)O[C@H](COC(=O)CCC/C=C\C[C@H]1C(=O)C[C@@H](O)[C@@H]1/C=C/[C@@H](O)CCCCC)COP(=O)(O)O. The second-order valence-corrected chi connectivity index (χ2v) is 15.6. The van der Waals surface area contributed by atoms with Gasteiger partial charge in [-0.1, -0.05) is 120 Å². The molecule has 1 aliphatic carbocycles. The Balaban J connectivity index is 2.31. The van der Waals surface area contributed by atoms with Crippen LogP contribution in [0.4, 0.5) is 0 Å². The standard InChI is InChI=1S/C42H71O11P/c1-3-5-7-8-9-10-11-12-13-14-15-16-17-18-19-25-29-42(47)53-36(34-52-54(48,49)50)33-51-41(46)28-24-21-20-23-27-37-38(40(45)32-39(37)44)31-30-35(43)26-22-6-4-2/h9-10,12-13,20,23,30-31,35-38,40,43,45H,3-8,11,14-19,21-22,24-29,32-34H2,1-2H3,(H2,48,49,50)/b10-9-,13-12-,23-20-,31-30+/t35-,36+,37+,38+,40+/m0/s1. The van der Waals surface area contributed by atoms with Crippen LogP contribution in [0, 0.1) is 11.8 Å². The highest BCUT2D eigenvalue weighted by Crippen LogP contribution is 2.36. The number of aliphatic hydroxyl groups is 2. The van der Waals surface area contributed by atoms with E-state index in [4.69, 9.17) is 19.3 Å². The lowest BCUT2D eigenvalue weighted by Crippen LogP contribution is -2.29. The van der Waals surface area contributed by atoms with E-state index in [1.807, 2.05) is 12.2 Å². The maximum Gasteiger partial charge on any atom is 0.469 e. The van der Waals surface area contributed by atoms with Crippen molar-refractivity contribution >= 4 is 25.5 Å². The Kier molecular flexibility index (Phi) is 29.2. The van der Waals surface area contributed by atoms with Gasteiger partial charge >= 0.3 is 19.8 Å². The second-order valence-electron chi connectivity index (χ2n) is 14.4. The zero-order valence-electron chi connectivity index (χ0n) is 33.1. The molecule has 11 nitrogen and oxygen atoms in total. The van der Waals surface area contributed by atoms with Crippen molar-refractivity contribution in [2.45, 2.75) is 173 Å². The molecule has 0 bridgehead atoms. The number of rotatable bonds is 33. The molecule has 0 aromatic heterocycles. The minimum Gasteiger partial charge on any atom is -0.462 e. The van der Waals surface area contributed by atoms with Crippen LogP contribution in [-0.4, -0.2) is 69.2 Å². The van der Waals surface area contributed by atoms with Gasteiger partial charge in [0.1, 0.15) is 12.4 Å². The van der Waals surface area contributed by atoms with Crippen LogP contribution >= 0.6 is 7.82 Å². The number of esters is 2. The molecule has 1 saturated carbocycles. The van der Waals surface area contributed by atoms with Gasteiger partial charge in [-0.15, -0.1) is 0 Å². The fourth-order valence-corrected chi connectivity index (χ4v) is 6.63. The van der Waals surface area contributed by atoms with Gasteiger partial charge < -0.3 is 29.5 Å². The lowest BCUT2D eigenvalue weighted by molar-refractivity contribution is -0.161. The molecule has 54 heavy (non-hydrogen) atoms. The van der Waals surface area contributed by atoms with Crippen molar-refractivity contribution in [2.75, 3.05) is 13.2 Å². The molecule has 0 saturated heterocycles. The normalized spacial score (nSPS) is 19.1. The first-order chi connectivity index (χ1) is 26.0. The first-order valence-electron chi connectivity index (χ1n) is 20.5. The molecule has 5 atom stereocenters. The highest BCUT2D eigenvalue weighted by atomic mass is 31.2. The summed E-state index contributed by atoms with van der Waals surface area (Å²) in [6.07, 6.45) is 31.9. The third-order valence-electron chi connectivity index (χ3n) is 9.44. The Morgan fingerprint density at radius 3 is 2.06 bits per heavy atom. The van der Waals surface area contributed by atoms with Crippen LogP contribution in [0.15, 0.2) is 48.6 Å². The molecule has 0 aromatic rings. The van der Waals surface area contributed by atoms with E-state index in [2.05, 4.69) is 42.7 Å². The number of phosphoric ester groups is 1. The van der Waals surface area contributed by atoms with Crippen molar-refractivity contribution in [1.82, 2.24) is 0 Å². The quantitative estimate of drug-likeness (QED) is 0.0216. The van der Waals surface area contributed by atoms with Gasteiger partial charge in [-0.3, -0.25) is 18.9 Å². The number of hydrogen-bond donors (Lipinski definition) is 4. The summed E-state index contributed by atoms with van der Waals surface area (Å²) >= 11 is 0. The summed E-state index contributed by atoms with van der Waals surface area (Å²) in [7, 11) is -4.82. The van der Waals surface area contributed by atoms with Gasteiger partial charge in [0.05, 0.1) is 18.8 Å². The van der Waals surface area contributed by atoms with Crippen LogP contribution < -0.4 is 0 Å². The second kappa shape index (κ2) is 31.8. The zero-order chi connectivity index (χ0) is 39.9. The number of ketones is 1. The highest BCUT2D eigenvalue weighted by Gasteiger charge is 2.39. The van der Waals surface area contributed by atoms with Crippen LogP contribution in [0.2, 0.25) is 0 Å². The number of allylic oxidation sites excluding steroid dienone is 6. The van der Waals surface area contributed by atoms with Gasteiger partial charge in [-0.2, -0.15) is 0 Å². The smallest absolute Gasteiger partial charge is 0.462 e. The fraction of sp³-hybridized carbons (Fsp3) is 0.738. The molecule has 1 aliphatic rings. The number of carbonyl (C=O) groups excluding carboxylic acids is 3. The molecule has 0 aromatic carbocycles. The van der Waals surface area contributed by atoms with Gasteiger partial charge in [0.25, 0.3) is 0 Å². The van der Waals surface area contributed by atoms with E-state index >= 15 is 0 Å². The number of hydrogen-bond acceptors (Lipinski definition) is 9. The van der Waals surface area contributed by atoms with Gasteiger partial charge in [-0.25, -0.2) is 4.57 Å². The molecular formula is C42H71O11P. The lowest BCUT2D eigenvalue weighted by Gasteiger charge is -2.18. The van der Waals surface area contributed by atoms with Crippen molar-refractivity contribution in [3.8, 4) is 0 Å². The van der Waals surface area contributed by atoms with E-state index < -0.39 is 51.3 Å². The third kappa shape index (κ3) is 27.2. The molecule has 12 heteroatoms. The number of Topliss-reactive ketones (excluding diaryl/α,β-unsaturated/α-hetero) is 1. The van der Waals surface area contributed by atoms with Crippen molar-refractivity contribution in [3.05, 3.63) is 48.6 Å². The maximum atomic E-state index is 12.5. The largest absolute Gasteiger partial charge is 0.469 e. The average Bonchev–Trinajstić information content (AvgIpc) is 3.40. The summed E-state index contributed by atoms with van der Waals surface area (Å²) in [6.45, 7) is 3.31. The summed E-state index contributed by atoms with van der Waals surface area (Å²) < 4.78 is 26.3. The topological polar surface area (TPSA) is 177 Å². The summed E-state index contributed by atoms with van der Waals surface area (Å²) in [6, 6.07) is 0. The number of phosphoric acid groups is 1. The Bertz CT molecular complexity index is 1170. The molecule has 1 rings (SSSR count). The van der Waals surface area contributed by atoms with E-state index in [1.54, 1.807) is 12.2 Å². The number of carbonyl (C=O) groups is 3. The monoisotopic (exact) mass is 782 g/mol. The van der Waals surface area contributed by atoms with Gasteiger partial charge in [0, 0.05) is 31.1 Å². The van der Waals surface area contributed by atoms with Crippen molar-refractivity contribution < 1.29 is 52.9 Å². The highest BCUT2D eigenvalue weighted by molar-refractivity contribution is 7.46. The van der Waals surface area contributed by atoms with E-state index in [9.17, 15) is 29.2 Å². The van der Waals surface area contributed by atoms with Gasteiger partial charge in [0.15, 0.2) is 6.10 Å². The average molecular weight is 783 g/mol. The maximum absolute atomic E-state index is 12.5. The molecule has 0 spiro atoms. The Hall–Kier alpha value is -2.40. The van der Waals surface area contributed by atoms with Crippen LogP contribution in [0.25, 0.3) is 0 Å². The fourth-order valence-electron chi connectivity index (χ4n) is 6.27. The predicted molar refractivity (Wildman–Crippen MR) is 212 cm³/mol. The van der Waals surface area contributed by atoms with Crippen LogP contribution in [0.5, 0.6) is 0 Å². The van der Waals surface area contributed by atoms with E-state index in [-0.39, 0.29) is 36.9 Å². The minimum atomic E-state index is -4.82. The zero-order valence-corrected chi connectivity index (χ0v) is 34.0. The minimum absolute atomic E-state index is 0.00893. The van der Waals surface area contributed by atoms with Crippen molar-refractivity contribution in [2.24, 2.45) is 11.8 Å². The molecule has 0 radical (unpaired) electrons. The number of aliphatic hydroxyl groups excluding tert-OH is 2. The van der Waals surface area contributed by atoms with E-state index in [0.29, 0.717) is 32.1 Å². The Morgan fingerprint density at radius 2 is 1.37 bits per heavy atom. The summed E-state index contributed by atoms with van der Waals surface area (Å²) in [5, 5.41) is 20.6. The van der Waals surface area contributed by atoms with E-state index in [1.165, 1.54) is 19.3 Å². The molecule has 0 unspecified atom stereocenters. The van der Waals surface area contributed by atoms with Crippen LogP contribution in [0.1, 0.15) is 155 Å².